The topological polar surface area (TPSA) is 81.1 Å². The van der Waals surface area contributed by atoms with Crippen molar-refractivity contribution in [3.63, 3.8) is 0 Å². The van der Waals surface area contributed by atoms with Gasteiger partial charge < -0.3 is 10.8 Å². The van der Waals surface area contributed by atoms with Gasteiger partial charge in [0, 0.05) is 12.4 Å². The van der Waals surface area contributed by atoms with Gasteiger partial charge in [-0.25, -0.2) is 4.79 Å². The van der Waals surface area contributed by atoms with Crippen molar-refractivity contribution in [2.45, 2.75) is 0 Å². The standard InChI is InChI=1S/C9H9N3O2/c1-12-8-6(4-11-12)2-5(9(13)14)3-7(8)10/h2-4H,10H2,1H3,(H,13,14). The molecule has 0 spiro atoms. The molecule has 2 rings (SSSR count). The van der Waals surface area contributed by atoms with E-state index in [2.05, 4.69) is 5.10 Å². The summed E-state index contributed by atoms with van der Waals surface area (Å²) in [6.45, 7) is 0. The number of aryl methyl sites for hydroxylation is 1. The lowest BCUT2D eigenvalue weighted by molar-refractivity contribution is 0.0697. The quantitative estimate of drug-likeness (QED) is 0.655. The van der Waals surface area contributed by atoms with Gasteiger partial charge in [-0.05, 0) is 12.1 Å². The number of benzene rings is 1. The lowest BCUT2D eigenvalue weighted by atomic mass is 10.1. The maximum atomic E-state index is 10.7. The number of hydrogen-bond donors (Lipinski definition) is 2. The molecule has 0 radical (unpaired) electrons. The summed E-state index contributed by atoms with van der Waals surface area (Å²) in [5, 5.41) is 13.5. The smallest absolute Gasteiger partial charge is 0.335 e. The molecule has 0 atom stereocenters. The Morgan fingerprint density at radius 3 is 2.93 bits per heavy atom. The Labute approximate surface area is 79.7 Å². The summed E-state index contributed by atoms with van der Waals surface area (Å²) in [5.41, 5.74) is 7.09. The maximum absolute atomic E-state index is 10.7. The van der Waals surface area contributed by atoms with E-state index in [1.807, 2.05) is 0 Å². The van der Waals surface area contributed by atoms with Gasteiger partial charge in [0.2, 0.25) is 0 Å². The molecule has 0 saturated heterocycles. The second-order valence-electron chi connectivity index (χ2n) is 3.08. The highest BCUT2D eigenvalue weighted by atomic mass is 16.4. The van der Waals surface area contributed by atoms with Crippen LogP contribution >= 0.6 is 0 Å². The monoisotopic (exact) mass is 191 g/mol. The van der Waals surface area contributed by atoms with E-state index in [0.717, 1.165) is 10.9 Å². The predicted molar refractivity (Wildman–Crippen MR) is 52.1 cm³/mol. The summed E-state index contributed by atoms with van der Waals surface area (Å²) < 4.78 is 1.62. The Kier molecular flexibility index (Phi) is 1.67. The fourth-order valence-corrected chi connectivity index (χ4v) is 1.48. The van der Waals surface area contributed by atoms with Crippen LogP contribution in [0, 0.1) is 0 Å². The van der Waals surface area contributed by atoms with Gasteiger partial charge >= 0.3 is 5.97 Å². The fraction of sp³-hybridized carbons (Fsp3) is 0.111. The van der Waals surface area contributed by atoms with E-state index in [9.17, 15) is 4.79 Å². The van der Waals surface area contributed by atoms with E-state index < -0.39 is 5.97 Å². The number of fused-ring (bicyclic) bond motifs is 1. The Morgan fingerprint density at radius 1 is 1.57 bits per heavy atom. The Hall–Kier alpha value is -2.04. The first kappa shape index (κ1) is 8.55. The summed E-state index contributed by atoms with van der Waals surface area (Å²) >= 11 is 0. The second-order valence-corrected chi connectivity index (χ2v) is 3.08. The van der Waals surface area contributed by atoms with Crippen molar-refractivity contribution in [1.82, 2.24) is 9.78 Å². The molecule has 72 valence electrons. The minimum absolute atomic E-state index is 0.183. The van der Waals surface area contributed by atoms with Gasteiger partial charge in [-0.3, -0.25) is 4.68 Å². The van der Waals surface area contributed by atoms with Gasteiger partial charge in [0.15, 0.2) is 0 Å². The highest BCUT2D eigenvalue weighted by Crippen LogP contribution is 2.22. The minimum atomic E-state index is -0.984. The lowest BCUT2D eigenvalue weighted by Gasteiger charge is -2.01. The molecule has 0 aliphatic rings. The summed E-state index contributed by atoms with van der Waals surface area (Å²) in [7, 11) is 1.76. The van der Waals surface area contributed by atoms with Crippen LogP contribution in [0.1, 0.15) is 10.4 Å². The third-order valence-corrected chi connectivity index (χ3v) is 2.11. The average molecular weight is 191 g/mol. The third kappa shape index (κ3) is 1.10. The van der Waals surface area contributed by atoms with Gasteiger partial charge in [0.1, 0.15) is 0 Å². The number of aromatic carboxylic acids is 1. The van der Waals surface area contributed by atoms with Crippen LogP contribution in [0.4, 0.5) is 5.69 Å². The van der Waals surface area contributed by atoms with Crippen LogP contribution in [-0.2, 0) is 7.05 Å². The van der Waals surface area contributed by atoms with E-state index >= 15 is 0 Å². The number of hydrogen-bond acceptors (Lipinski definition) is 3. The molecule has 14 heavy (non-hydrogen) atoms. The van der Waals surface area contributed by atoms with Crippen LogP contribution in [0.2, 0.25) is 0 Å². The van der Waals surface area contributed by atoms with Crippen molar-refractivity contribution in [1.29, 1.82) is 0 Å². The van der Waals surface area contributed by atoms with E-state index in [-0.39, 0.29) is 5.56 Å². The molecule has 2 aromatic rings. The molecule has 5 nitrogen and oxygen atoms in total. The van der Waals surface area contributed by atoms with Crippen LogP contribution < -0.4 is 5.73 Å². The summed E-state index contributed by atoms with van der Waals surface area (Å²) in [5.74, 6) is -0.984. The van der Waals surface area contributed by atoms with Gasteiger partial charge in [0.25, 0.3) is 0 Å². The van der Waals surface area contributed by atoms with Gasteiger partial charge in [-0.1, -0.05) is 0 Å². The van der Waals surface area contributed by atoms with Crippen LogP contribution in [0.25, 0.3) is 10.9 Å². The molecule has 0 fully saturated rings. The Morgan fingerprint density at radius 2 is 2.29 bits per heavy atom. The van der Waals surface area contributed by atoms with Crippen molar-refractivity contribution in [2.75, 3.05) is 5.73 Å². The maximum Gasteiger partial charge on any atom is 0.335 e. The van der Waals surface area contributed by atoms with Crippen LogP contribution in [0.15, 0.2) is 18.3 Å². The molecule has 0 bridgehead atoms. The predicted octanol–water partition coefficient (Wildman–Crippen LogP) is 0.854. The zero-order chi connectivity index (χ0) is 10.3. The first-order valence-electron chi connectivity index (χ1n) is 4.04. The molecular weight excluding hydrogens is 182 g/mol. The lowest BCUT2D eigenvalue weighted by Crippen LogP contribution is -2.00. The molecule has 1 heterocycles. The molecular formula is C9H9N3O2. The number of rotatable bonds is 1. The van der Waals surface area contributed by atoms with Gasteiger partial charge in [-0.2, -0.15) is 5.10 Å². The molecule has 5 heteroatoms. The highest BCUT2D eigenvalue weighted by molar-refractivity contribution is 5.98. The summed E-state index contributed by atoms with van der Waals surface area (Å²) in [6, 6.07) is 2.99. The van der Waals surface area contributed by atoms with Crippen molar-refractivity contribution >= 4 is 22.6 Å². The third-order valence-electron chi connectivity index (χ3n) is 2.11. The van der Waals surface area contributed by atoms with Crippen LogP contribution in [0.3, 0.4) is 0 Å². The number of anilines is 1. The number of nitrogen functional groups attached to an aromatic ring is 1. The fourth-order valence-electron chi connectivity index (χ4n) is 1.48. The van der Waals surface area contributed by atoms with E-state index in [4.69, 9.17) is 10.8 Å². The molecule has 3 N–H and O–H groups in total. The average Bonchev–Trinajstić information content (AvgIpc) is 2.48. The van der Waals surface area contributed by atoms with Gasteiger partial charge in [0.05, 0.1) is 23.0 Å². The van der Waals surface area contributed by atoms with Crippen molar-refractivity contribution < 1.29 is 9.90 Å². The van der Waals surface area contributed by atoms with Crippen LogP contribution in [0.5, 0.6) is 0 Å². The van der Waals surface area contributed by atoms with E-state index in [0.29, 0.717) is 5.69 Å². The largest absolute Gasteiger partial charge is 0.478 e. The number of aromatic nitrogens is 2. The SMILES string of the molecule is Cn1ncc2cc(C(=O)O)cc(N)c21. The molecule has 0 aliphatic carbocycles. The first-order valence-corrected chi connectivity index (χ1v) is 4.04. The number of carboxylic acid groups (broad SMARTS) is 1. The Balaban J connectivity index is 2.80. The van der Waals surface area contributed by atoms with Crippen molar-refractivity contribution in [3.8, 4) is 0 Å². The van der Waals surface area contributed by atoms with Crippen molar-refractivity contribution in [2.24, 2.45) is 7.05 Å². The zero-order valence-corrected chi connectivity index (χ0v) is 7.56. The Bertz CT molecular complexity index is 516. The first-order chi connectivity index (χ1) is 6.59. The molecule has 1 aromatic carbocycles. The summed E-state index contributed by atoms with van der Waals surface area (Å²) in [4.78, 5) is 10.7. The van der Waals surface area contributed by atoms with Crippen molar-refractivity contribution in [3.05, 3.63) is 23.9 Å². The number of nitrogens with two attached hydrogens (primary N) is 1. The normalized spacial score (nSPS) is 10.6. The molecule has 0 aliphatic heterocycles. The number of nitrogens with zero attached hydrogens (tertiary/aromatic N) is 2. The second kappa shape index (κ2) is 2.73. The summed E-state index contributed by atoms with van der Waals surface area (Å²) in [6.07, 6.45) is 1.60. The van der Waals surface area contributed by atoms with E-state index in [1.54, 1.807) is 24.0 Å². The van der Waals surface area contributed by atoms with E-state index in [1.165, 1.54) is 6.07 Å². The molecule has 0 amide bonds. The zero-order valence-electron chi connectivity index (χ0n) is 7.56. The number of carbonyl (C=O) groups is 1. The molecule has 0 unspecified atom stereocenters. The minimum Gasteiger partial charge on any atom is -0.478 e. The molecule has 1 aromatic heterocycles. The highest BCUT2D eigenvalue weighted by Gasteiger charge is 2.09. The number of carboxylic acids is 1. The molecule has 0 saturated carbocycles. The van der Waals surface area contributed by atoms with Gasteiger partial charge in [-0.15, -0.1) is 0 Å². The van der Waals surface area contributed by atoms with Crippen LogP contribution in [-0.4, -0.2) is 20.9 Å².